The van der Waals surface area contributed by atoms with Gasteiger partial charge in [0.1, 0.15) is 0 Å². The summed E-state index contributed by atoms with van der Waals surface area (Å²) in [6.07, 6.45) is 0.639. The average molecular weight is 226 g/mol. The Morgan fingerprint density at radius 1 is 1.62 bits per heavy atom. The lowest BCUT2D eigenvalue weighted by atomic mass is 9.92. The summed E-state index contributed by atoms with van der Waals surface area (Å²) in [7, 11) is 1.61. The summed E-state index contributed by atoms with van der Waals surface area (Å²) in [5.41, 5.74) is -0.729. The van der Waals surface area contributed by atoms with E-state index in [1.165, 1.54) is 9.70 Å². The third kappa shape index (κ3) is 1.96. The number of hydrogen-bond donors (Lipinski definition) is 2. The van der Waals surface area contributed by atoms with Crippen LogP contribution in [0.2, 0.25) is 0 Å². The van der Waals surface area contributed by atoms with Gasteiger partial charge in [-0.05, 0) is 11.6 Å². The van der Waals surface area contributed by atoms with Crippen LogP contribution in [-0.2, 0) is 7.05 Å². The Kier molecular flexibility index (Phi) is 2.50. The molecule has 2 heterocycles. The molecule has 2 rings (SSSR count). The number of likely N-dealkylation sites (tertiary alicyclic amines) is 1. The Labute approximate surface area is 92.2 Å². The third-order valence-corrected chi connectivity index (χ3v) is 2.64. The van der Waals surface area contributed by atoms with E-state index in [1.54, 1.807) is 7.05 Å². The minimum atomic E-state index is -0.729. The highest BCUT2D eigenvalue weighted by atomic mass is 16.3. The van der Waals surface area contributed by atoms with Crippen molar-refractivity contribution in [2.75, 3.05) is 18.4 Å². The zero-order valence-corrected chi connectivity index (χ0v) is 9.21. The molecule has 1 aromatic rings. The summed E-state index contributed by atoms with van der Waals surface area (Å²) >= 11 is 0. The molecule has 0 aromatic carbocycles. The molecule has 1 aliphatic rings. The van der Waals surface area contributed by atoms with Crippen LogP contribution in [0.25, 0.3) is 0 Å². The summed E-state index contributed by atoms with van der Waals surface area (Å²) in [5.74, 6) is 0.166. The van der Waals surface area contributed by atoms with Gasteiger partial charge in [-0.2, -0.15) is 4.80 Å². The molecular weight excluding hydrogens is 212 g/mol. The van der Waals surface area contributed by atoms with Crippen molar-refractivity contribution in [3.63, 3.8) is 0 Å². The molecule has 2 N–H and O–H groups in total. The maximum Gasteiger partial charge on any atom is 0.324 e. The lowest BCUT2D eigenvalue weighted by Crippen LogP contribution is -2.64. The molecule has 8 nitrogen and oxygen atoms in total. The Bertz CT molecular complexity index is 397. The number of β-amino-alcohol motifs (C(OH)–C–C–N with tert-alkyl or cyclic N) is 1. The predicted molar refractivity (Wildman–Crippen MR) is 54.6 cm³/mol. The molecule has 1 aromatic heterocycles. The van der Waals surface area contributed by atoms with E-state index in [1.807, 2.05) is 6.92 Å². The van der Waals surface area contributed by atoms with Gasteiger partial charge in [-0.25, -0.2) is 4.79 Å². The van der Waals surface area contributed by atoms with E-state index in [9.17, 15) is 9.90 Å². The van der Waals surface area contributed by atoms with Gasteiger partial charge >= 0.3 is 6.03 Å². The van der Waals surface area contributed by atoms with Crippen LogP contribution in [-0.4, -0.2) is 54.9 Å². The number of aliphatic hydroxyl groups is 1. The number of carbonyl (C=O) groups excluding carboxylic acids is 1. The molecule has 0 spiro atoms. The Morgan fingerprint density at radius 2 is 2.31 bits per heavy atom. The number of amides is 2. The second-order valence-corrected chi connectivity index (χ2v) is 3.97. The quantitative estimate of drug-likeness (QED) is 0.688. The van der Waals surface area contributed by atoms with Crippen LogP contribution in [0.4, 0.5) is 10.7 Å². The summed E-state index contributed by atoms with van der Waals surface area (Å²) < 4.78 is 0. The standard InChI is InChI=1S/C8H14N6O2/c1-3-8(16)4-14(5-8)7(15)9-6-10-12-13(2)11-6/h16H,3-5H2,1-2H3,(H,9,11,15). The first-order valence-electron chi connectivity index (χ1n) is 5.05. The van der Waals surface area contributed by atoms with Gasteiger partial charge in [0, 0.05) is 0 Å². The number of nitrogens with zero attached hydrogens (tertiary/aromatic N) is 5. The number of carbonyl (C=O) groups is 1. The van der Waals surface area contributed by atoms with Crippen molar-refractivity contribution in [2.45, 2.75) is 18.9 Å². The first kappa shape index (κ1) is 10.8. The Hall–Kier alpha value is -1.70. The lowest BCUT2D eigenvalue weighted by Gasteiger charge is -2.45. The molecule has 0 radical (unpaired) electrons. The number of aromatic nitrogens is 4. The van der Waals surface area contributed by atoms with E-state index in [2.05, 4.69) is 20.7 Å². The summed E-state index contributed by atoms with van der Waals surface area (Å²) in [4.78, 5) is 14.4. The summed E-state index contributed by atoms with van der Waals surface area (Å²) in [5, 5.41) is 23.3. The van der Waals surface area contributed by atoms with Crippen molar-refractivity contribution in [2.24, 2.45) is 7.05 Å². The van der Waals surface area contributed by atoms with Crippen molar-refractivity contribution < 1.29 is 9.90 Å². The zero-order valence-electron chi connectivity index (χ0n) is 9.21. The lowest BCUT2D eigenvalue weighted by molar-refractivity contribution is -0.0755. The van der Waals surface area contributed by atoms with Crippen molar-refractivity contribution in [1.29, 1.82) is 0 Å². The fourth-order valence-corrected chi connectivity index (χ4v) is 1.54. The largest absolute Gasteiger partial charge is 0.386 e. The van der Waals surface area contributed by atoms with Gasteiger partial charge in [-0.3, -0.25) is 5.32 Å². The van der Waals surface area contributed by atoms with Crippen LogP contribution in [0.15, 0.2) is 0 Å². The summed E-state index contributed by atoms with van der Waals surface area (Å²) in [6.45, 7) is 2.57. The highest BCUT2D eigenvalue weighted by Gasteiger charge is 2.42. The Balaban J connectivity index is 1.87. The fraction of sp³-hybridized carbons (Fsp3) is 0.750. The van der Waals surface area contributed by atoms with Gasteiger partial charge in [0.25, 0.3) is 5.95 Å². The SMILES string of the molecule is CCC1(O)CN(C(=O)Nc2nnn(C)n2)C1. The van der Waals surface area contributed by atoms with Crippen LogP contribution in [0.1, 0.15) is 13.3 Å². The smallest absolute Gasteiger partial charge is 0.324 e. The van der Waals surface area contributed by atoms with Crippen LogP contribution < -0.4 is 5.32 Å². The number of anilines is 1. The van der Waals surface area contributed by atoms with E-state index in [0.29, 0.717) is 19.5 Å². The predicted octanol–water partition coefficient (Wildman–Crippen LogP) is -0.801. The number of urea groups is 1. The van der Waals surface area contributed by atoms with E-state index < -0.39 is 5.60 Å². The first-order chi connectivity index (χ1) is 7.52. The zero-order chi connectivity index (χ0) is 11.8. The van der Waals surface area contributed by atoms with Crippen LogP contribution >= 0.6 is 0 Å². The van der Waals surface area contributed by atoms with E-state index in [-0.39, 0.29) is 12.0 Å². The van der Waals surface area contributed by atoms with Crippen LogP contribution in [0, 0.1) is 0 Å². The monoisotopic (exact) mass is 226 g/mol. The van der Waals surface area contributed by atoms with Gasteiger partial charge in [0.2, 0.25) is 0 Å². The third-order valence-electron chi connectivity index (χ3n) is 2.64. The maximum atomic E-state index is 11.6. The van der Waals surface area contributed by atoms with Crippen molar-refractivity contribution in [3.8, 4) is 0 Å². The first-order valence-corrected chi connectivity index (χ1v) is 5.05. The molecule has 0 bridgehead atoms. The van der Waals surface area contributed by atoms with E-state index >= 15 is 0 Å². The molecular formula is C8H14N6O2. The minimum Gasteiger partial charge on any atom is -0.386 e. The minimum absolute atomic E-state index is 0.166. The molecule has 8 heteroatoms. The van der Waals surface area contributed by atoms with Crippen molar-refractivity contribution >= 4 is 12.0 Å². The van der Waals surface area contributed by atoms with Crippen LogP contribution in [0.5, 0.6) is 0 Å². The van der Waals surface area contributed by atoms with Gasteiger partial charge in [-0.15, -0.1) is 5.10 Å². The maximum absolute atomic E-state index is 11.6. The molecule has 0 aliphatic carbocycles. The highest BCUT2D eigenvalue weighted by Crippen LogP contribution is 2.24. The molecule has 1 saturated heterocycles. The molecule has 0 saturated carbocycles. The second kappa shape index (κ2) is 3.71. The molecule has 2 amide bonds. The highest BCUT2D eigenvalue weighted by molar-refractivity contribution is 5.88. The number of tetrazole rings is 1. The molecule has 1 fully saturated rings. The molecule has 88 valence electrons. The Morgan fingerprint density at radius 3 is 2.81 bits per heavy atom. The summed E-state index contributed by atoms with van der Waals surface area (Å²) in [6, 6.07) is -0.314. The van der Waals surface area contributed by atoms with Gasteiger partial charge in [0.15, 0.2) is 0 Å². The number of aryl methyl sites for hydroxylation is 1. The van der Waals surface area contributed by atoms with Crippen LogP contribution in [0.3, 0.4) is 0 Å². The molecule has 16 heavy (non-hydrogen) atoms. The number of hydrogen-bond acceptors (Lipinski definition) is 5. The van der Waals surface area contributed by atoms with Crippen molar-refractivity contribution in [3.05, 3.63) is 0 Å². The molecule has 0 unspecified atom stereocenters. The van der Waals surface area contributed by atoms with E-state index in [4.69, 9.17) is 0 Å². The number of nitrogens with one attached hydrogen (secondary N) is 1. The molecule has 1 aliphatic heterocycles. The molecule has 0 atom stereocenters. The normalized spacial score (nSPS) is 18.1. The second-order valence-electron chi connectivity index (χ2n) is 3.97. The number of rotatable bonds is 2. The fourth-order valence-electron chi connectivity index (χ4n) is 1.54. The van der Waals surface area contributed by atoms with Gasteiger partial charge in [-0.1, -0.05) is 12.0 Å². The van der Waals surface area contributed by atoms with Crippen molar-refractivity contribution in [1.82, 2.24) is 25.1 Å². The van der Waals surface area contributed by atoms with Gasteiger partial charge in [0.05, 0.1) is 25.7 Å². The van der Waals surface area contributed by atoms with Gasteiger partial charge < -0.3 is 10.0 Å². The van der Waals surface area contributed by atoms with E-state index in [0.717, 1.165) is 0 Å². The average Bonchev–Trinajstić information content (AvgIpc) is 2.59. The topological polar surface area (TPSA) is 96.2 Å².